The molecular formula is C22H27N3O4. The van der Waals surface area contributed by atoms with Crippen LogP contribution in [0.2, 0.25) is 0 Å². The van der Waals surface area contributed by atoms with E-state index >= 15 is 0 Å². The highest BCUT2D eigenvalue weighted by molar-refractivity contribution is 6.40. The third kappa shape index (κ3) is 6.95. The van der Waals surface area contributed by atoms with Gasteiger partial charge in [0.05, 0.1) is 18.4 Å². The summed E-state index contributed by atoms with van der Waals surface area (Å²) in [5, 5.41) is 7.90. The van der Waals surface area contributed by atoms with Crippen molar-refractivity contribution in [2.24, 2.45) is 5.92 Å². The van der Waals surface area contributed by atoms with Gasteiger partial charge in [0.25, 0.3) is 5.91 Å². The zero-order valence-electron chi connectivity index (χ0n) is 17.0. The molecule has 0 fully saturated rings. The Hall–Kier alpha value is -3.35. The van der Waals surface area contributed by atoms with Gasteiger partial charge in [-0.1, -0.05) is 38.1 Å². The summed E-state index contributed by atoms with van der Waals surface area (Å²) in [6.45, 7) is 4.81. The fraction of sp³-hybridized carbons (Fsp3) is 0.318. The molecule has 0 aliphatic heterocycles. The molecule has 0 aliphatic rings. The smallest absolute Gasteiger partial charge is 0.313 e. The lowest BCUT2D eigenvalue weighted by Crippen LogP contribution is -2.36. The van der Waals surface area contributed by atoms with Crippen molar-refractivity contribution >= 4 is 23.4 Å². The average Bonchev–Trinajstić information content (AvgIpc) is 2.72. The zero-order chi connectivity index (χ0) is 21.2. The number of nitrogens with one attached hydrogen (secondary N) is 3. The molecule has 7 nitrogen and oxygen atoms in total. The number of benzene rings is 2. The molecule has 0 unspecified atom stereocenters. The highest BCUT2D eigenvalue weighted by atomic mass is 16.5. The van der Waals surface area contributed by atoms with Crippen LogP contribution in [0.5, 0.6) is 5.75 Å². The molecule has 0 saturated carbocycles. The van der Waals surface area contributed by atoms with Crippen molar-refractivity contribution in [3.05, 3.63) is 59.7 Å². The molecule has 0 aromatic heterocycles. The number of para-hydroxylation sites is 1. The van der Waals surface area contributed by atoms with E-state index in [1.54, 1.807) is 31.4 Å². The largest absolute Gasteiger partial charge is 0.497 e. The van der Waals surface area contributed by atoms with Gasteiger partial charge in [-0.15, -0.1) is 0 Å². The Labute approximate surface area is 170 Å². The first-order chi connectivity index (χ1) is 13.9. The monoisotopic (exact) mass is 397 g/mol. The number of methoxy groups -OCH3 is 1. The Morgan fingerprint density at radius 3 is 2.28 bits per heavy atom. The molecule has 2 aromatic carbocycles. The second kappa shape index (κ2) is 10.8. The van der Waals surface area contributed by atoms with Crippen LogP contribution in [0.15, 0.2) is 48.5 Å². The van der Waals surface area contributed by atoms with Gasteiger partial charge in [-0.3, -0.25) is 14.4 Å². The first-order valence-electron chi connectivity index (χ1n) is 9.50. The van der Waals surface area contributed by atoms with Crippen molar-refractivity contribution in [2.45, 2.75) is 26.8 Å². The maximum atomic E-state index is 12.6. The van der Waals surface area contributed by atoms with Gasteiger partial charge in [0.15, 0.2) is 0 Å². The van der Waals surface area contributed by atoms with Crippen LogP contribution in [0.3, 0.4) is 0 Å². The molecule has 154 valence electrons. The van der Waals surface area contributed by atoms with E-state index in [-0.39, 0.29) is 17.2 Å². The third-order valence-corrected chi connectivity index (χ3v) is 4.25. The Kier molecular flexibility index (Phi) is 8.21. The van der Waals surface area contributed by atoms with Crippen LogP contribution in [-0.4, -0.2) is 31.4 Å². The number of hydrogen-bond donors (Lipinski definition) is 3. The molecule has 3 N–H and O–H groups in total. The summed E-state index contributed by atoms with van der Waals surface area (Å²) in [5.74, 6) is -0.714. The third-order valence-electron chi connectivity index (χ3n) is 4.25. The molecule has 0 heterocycles. The number of rotatable bonds is 8. The van der Waals surface area contributed by atoms with Crippen LogP contribution < -0.4 is 20.7 Å². The van der Waals surface area contributed by atoms with Crippen LogP contribution in [0.4, 0.5) is 5.69 Å². The minimum Gasteiger partial charge on any atom is -0.497 e. The lowest BCUT2D eigenvalue weighted by atomic mass is 10.1. The molecule has 0 atom stereocenters. The van der Waals surface area contributed by atoms with Gasteiger partial charge in [-0.05, 0) is 42.2 Å². The first-order valence-corrected chi connectivity index (χ1v) is 9.50. The molecule has 0 aliphatic carbocycles. The molecule has 7 heteroatoms. The summed E-state index contributed by atoms with van der Waals surface area (Å²) in [5.41, 5.74) is 1.47. The van der Waals surface area contributed by atoms with Gasteiger partial charge in [0.1, 0.15) is 5.75 Å². The minimum absolute atomic E-state index is 0.281. The fourth-order valence-electron chi connectivity index (χ4n) is 2.54. The molecule has 2 rings (SSSR count). The number of anilines is 1. The summed E-state index contributed by atoms with van der Waals surface area (Å²) in [6, 6.07) is 13.9. The predicted molar refractivity (Wildman–Crippen MR) is 112 cm³/mol. The van der Waals surface area contributed by atoms with Crippen LogP contribution in [0.1, 0.15) is 36.2 Å². The number of ether oxygens (including phenoxy) is 1. The van der Waals surface area contributed by atoms with Crippen molar-refractivity contribution in [1.29, 1.82) is 0 Å². The second-order valence-electron chi connectivity index (χ2n) is 6.97. The lowest BCUT2D eigenvalue weighted by molar-refractivity contribution is -0.136. The number of amides is 3. The van der Waals surface area contributed by atoms with Gasteiger partial charge < -0.3 is 20.7 Å². The molecular weight excluding hydrogens is 370 g/mol. The lowest BCUT2D eigenvalue weighted by Gasteiger charge is -2.12. The van der Waals surface area contributed by atoms with Crippen molar-refractivity contribution in [3.63, 3.8) is 0 Å². The van der Waals surface area contributed by atoms with Crippen LogP contribution in [0.25, 0.3) is 0 Å². The molecule has 3 amide bonds. The highest BCUT2D eigenvalue weighted by Gasteiger charge is 2.17. The molecule has 29 heavy (non-hydrogen) atoms. The summed E-state index contributed by atoms with van der Waals surface area (Å²) in [4.78, 5) is 36.6. The zero-order valence-corrected chi connectivity index (χ0v) is 17.0. The van der Waals surface area contributed by atoms with Crippen LogP contribution in [0, 0.1) is 5.92 Å². The van der Waals surface area contributed by atoms with E-state index in [1.807, 2.05) is 38.1 Å². The molecule has 0 saturated heterocycles. The molecule has 2 aromatic rings. The van der Waals surface area contributed by atoms with Crippen molar-refractivity contribution < 1.29 is 19.1 Å². The van der Waals surface area contributed by atoms with E-state index in [2.05, 4.69) is 16.0 Å². The van der Waals surface area contributed by atoms with Crippen molar-refractivity contribution in [1.82, 2.24) is 10.6 Å². The van der Waals surface area contributed by atoms with Gasteiger partial charge in [-0.2, -0.15) is 0 Å². The van der Waals surface area contributed by atoms with Gasteiger partial charge in [0.2, 0.25) is 0 Å². The van der Waals surface area contributed by atoms with Crippen LogP contribution in [-0.2, 0) is 16.1 Å². The van der Waals surface area contributed by atoms with Crippen molar-refractivity contribution in [2.75, 3.05) is 19.0 Å². The van der Waals surface area contributed by atoms with E-state index in [0.29, 0.717) is 19.0 Å². The Bertz CT molecular complexity index is 847. The quantitative estimate of drug-likeness (QED) is 0.597. The predicted octanol–water partition coefficient (Wildman–Crippen LogP) is 2.73. The average molecular weight is 397 g/mol. The molecule has 0 radical (unpaired) electrons. The second-order valence-corrected chi connectivity index (χ2v) is 6.97. The van der Waals surface area contributed by atoms with Gasteiger partial charge in [-0.25, -0.2) is 0 Å². The summed E-state index contributed by atoms with van der Waals surface area (Å²) >= 11 is 0. The minimum atomic E-state index is -0.802. The topological polar surface area (TPSA) is 96.5 Å². The normalized spacial score (nSPS) is 10.3. The van der Waals surface area contributed by atoms with E-state index < -0.39 is 11.8 Å². The standard InChI is InChI=1S/C22H27N3O4/c1-15(2)12-13-23-21(27)22(28)25-19-7-5-4-6-18(19)20(26)24-14-16-8-10-17(29-3)11-9-16/h4-11,15H,12-14H2,1-3H3,(H,23,27)(H,24,26)(H,25,28). The van der Waals surface area contributed by atoms with Gasteiger partial charge in [0, 0.05) is 13.1 Å². The maximum absolute atomic E-state index is 12.6. The van der Waals surface area contributed by atoms with Gasteiger partial charge >= 0.3 is 11.8 Å². The number of hydrogen-bond acceptors (Lipinski definition) is 4. The Balaban J connectivity index is 1.96. The first kappa shape index (κ1) is 21.9. The SMILES string of the molecule is COc1ccc(CNC(=O)c2ccccc2NC(=O)C(=O)NCCC(C)C)cc1. The fourth-order valence-corrected chi connectivity index (χ4v) is 2.54. The summed E-state index contributed by atoms with van der Waals surface area (Å²) in [6.07, 6.45) is 0.781. The Morgan fingerprint density at radius 2 is 1.62 bits per heavy atom. The number of carbonyl (C=O) groups is 3. The Morgan fingerprint density at radius 1 is 0.931 bits per heavy atom. The number of carbonyl (C=O) groups excluding carboxylic acids is 3. The van der Waals surface area contributed by atoms with E-state index in [9.17, 15) is 14.4 Å². The van der Waals surface area contributed by atoms with E-state index in [1.165, 1.54) is 0 Å². The van der Waals surface area contributed by atoms with Crippen molar-refractivity contribution in [3.8, 4) is 5.75 Å². The van der Waals surface area contributed by atoms with E-state index in [0.717, 1.165) is 17.7 Å². The summed E-state index contributed by atoms with van der Waals surface area (Å²) in [7, 11) is 1.59. The molecule has 0 bridgehead atoms. The van der Waals surface area contributed by atoms with Crippen LogP contribution >= 0.6 is 0 Å². The highest BCUT2D eigenvalue weighted by Crippen LogP contribution is 2.16. The summed E-state index contributed by atoms with van der Waals surface area (Å²) < 4.78 is 5.11. The van der Waals surface area contributed by atoms with E-state index in [4.69, 9.17) is 4.74 Å². The maximum Gasteiger partial charge on any atom is 0.313 e. The molecule has 0 spiro atoms.